The number of ketones is 1. The Kier molecular flexibility index (Phi) is 8.97. The number of anilines is 1. The molecule has 170 valence electrons. The van der Waals surface area contributed by atoms with Crippen molar-refractivity contribution in [2.24, 2.45) is 20.5 Å². The molecule has 3 rings (SSSR count). The Morgan fingerprint density at radius 3 is 1.61 bits per heavy atom. The molecule has 7 heteroatoms. The van der Waals surface area contributed by atoms with Crippen LogP contribution in [0.25, 0.3) is 0 Å². The number of carbonyl (C=O) groups is 1. The Labute approximate surface area is 194 Å². The first-order chi connectivity index (χ1) is 16.1. The summed E-state index contributed by atoms with van der Waals surface area (Å²) in [4.78, 5) is 14.0. The molecule has 0 saturated carbocycles. The number of rotatable bonds is 11. The van der Waals surface area contributed by atoms with Crippen LogP contribution < -0.4 is 4.90 Å². The lowest BCUT2D eigenvalue weighted by Crippen LogP contribution is -2.20. The number of carbonyl (C=O) groups excluding carboxylic acids is 1. The molecule has 0 aliphatic carbocycles. The van der Waals surface area contributed by atoms with Crippen LogP contribution in [0.3, 0.4) is 0 Å². The Hall–Kier alpha value is -3.71. The monoisotopic (exact) mass is 443 g/mol. The van der Waals surface area contributed by atoms with Crippen molar-refractivity contribution in [2.45, 2.75) is 26.2 Å². The fourth-order valence-corrected chi connectivity index (χ4v) is 3.07. The summed E-state index contributed by atoms with van der Waals surface area (Å²) in [5, 5.41) is 26.0. The lowest BCUT2D eigenvalue weighted by Gasteiger charge is -2.17. The minimum atomic E-state index is 0.111. The van der Waals surface area contributed by atoms with Gasteiger partial charge < -0.3 is 10.0 Å². The second-order valence-electron chi connectivity index (χ2n) is 7.65. The van der Waals surface area contributed by atoms with E-state index < -0.39 is 0 Å². The number of azo groups is 2. The van der Waals surface area contributed by atoms with Gasteiger partial charge in [0.25, 0.3) is 0 Å². The maximum atomic E-state index is 12.1. The second-order valence-corrected chi connectivity index (χ2v) is 7.65. The molecule has 0 unspecified atom stereocenters. The van der Waals surface area contributed by atoms with Crippen LogP contribution >= 0.6 is 0 Å². The summed E-state index contributed by atoms with van der Waals surface area (Å²) in [5.41, 5.74) is 4.58. The highest BCUT2D eigenvalue weighted by Crippen LogP contribution is 2.25. The van der Waals surface area contributed by atoms with Crippen LogP contribution in [-0.2, 0) is 0 Å². The average molecular weight is 444 g/mol. The molecule has 0 aliphatic rings. The molecule has 0 saturated heterocycles. The summed E-state index contributed by atoms with van der Waals surface area (Å²) >= 11 is 0. The molecule has 3 aromatic rings. The fraction of sp³-hybridized carbons (Fsp3) is 0.269. The minimum Gasteiger partial charge on any atom is -0.395 e. The maximum absolute atomic E-state index is 12.1. The first kappa shape index (κ1) is 23.9. The van der Waals surface area contributed by atoms with Crippen molar-refractivity contribution < 1.29 is 9.90 Å². The van der Waals surface area contributed by atoms with Crippen molar-refractivity contribution in [1.29, 1.82) is 0 Å². The van der Waals surface area contributed by atoms with E-state index in [0.717, 1.165) is 24.2 Å². The third-order valence-electron chi connectivity index (χ3n) is 5.08. The highest BCUT2D eigenvalue weighted by molar-refractivity contribution is 5.96. The van der Waals surface area contributed by atoms with E-state index in [-0.39, 0.29) is 12.4 Å². The van der Waals surface area contributed by atoms with Gasteiger partial charge in [0.05, 0.1) is 29.4 Å². The summed E-state index contributed by atoms with van der Waals surface area (Å²) in [5.74, 6) is 0.162. The van der Waals surface area contributed by atoms with Gasteiger partial charge in [-0.15, -0.1) is 0 Å². The Morgan fingerprint density at radius 2 is 1.18 bits per heavy atom. The summed E-state index contributed by atoms with van der Waals surface area (Å²) in [6, 6.07) is 22.2. The topological polar surface area (TPSA) is 90.0 Å². The molecule has 0 radical (unpaired) electrons. The standard InChI is InChI=1S/C26H29N5O2/c1-3-4-5-26(33)20-6-8-21(9-7-20)27-28-22-10-12-23(13-11-22)29-30-24-14-16-25(17-15-24)31(2)18-19-32/h6-17,32H,3-5,18-19H2,1-2H3. The van der Waals surface area contributed by atoms with Crippen LogP contribution in [0.2, 0.25) is 0 Å². The first-order valence-corrected chi connectivity index (χ1v) is 11.1. The second kappa shape index (κ2) is 12.4. The zero-order chi connectivity index (χ0) is 23.5. The first-order valence-electron chi connectivity index (χ1n) is 11.1. The summed E-state index contributed by atoms with van der Waals surface area (Å²) in [6.45, 7) is 2.76. The van der Waals surface area contributed by atoms with E-state index in [4.69, 9.17) is 5.11 Å². The van der Waals surface area contributed by atoms with Gasteiger partial charge in [-0.2, -0.15) is 20.5 Å². The van der Waals surface area contributed by atoms with E-state index in [1.54, 1.807) is 24.3 Å². The predicted molar refractivity (Wildman–Crippen MR) is 132 cm³/mol. The van der Waals surface area contributed by atoms with Crippen molar-refractivity contribution in [3.05, 3.63) is 78.4 Å². The van der Waals surface area contributed by atoms with E-state index in [2.05, 4.69) is 27.4 Å². The summed E-state index contributed by atoms with van der Waals surface area (Å²) < 4.78 is 0. The molecule has 0 spiro atoms. The van der Waals surface area contributed by atoms with Crippen molar-refractivity contribution in [3.8, 4) is 0 Å². The van der Waals surface area contributed by atoms with E-state index in [0.29, 0.717) is 35.6 Å². The molecular formula is C26H29N5O2. The van der Waals surface area contributed by atoms with E-state index in [9.17, 15) is 4.79 Å². The number of nitrogens with zero attached hydrogens (tertiary/aromatic N) is 5. The van der Waals surface area contributed by atoms with Gasteiger partial charge in [0.1, 0.15) is 0 Å². The van der Waals surface area contributed by atoms with Gasteiger partial charge in [-0.1, -0.05) is 13.3 Å². The van der Waals surface area contributed by atoms with Gasteiger partial charge in [0.2, 0.25) is 0 Å². The van der Waals surface area contributed by atoms with Crippen molar-refractivity contribution >= 4 is 34.2 Å². The molecule has 3 aromatic carbocycles. The number of benzene rings is 3. The van der Waals surface area contributed by atoms with Gasteiger partial charge in [0.15, 0.2) is 5.78 Å². The molecule has 0 heterocycles. The van der Waals surface area contributed by atoms with Crippen molar-refractivity contribution in [1.82, 2.24) is 0 Å². The normalized spacial score (nSPS) is 11.4. The lowest BCUT2D eigenvalue weighted by atomic mass is 10.1. The molecule has 1 N–H and O–H groups in total. The molecule has 0 aromatic heterocycles. The average Bonchev–Trinajstić information content (AvgIpc) is 2.86. The summed E-state index contributed by atoms with van der Waals surface area (Å²) in [6.07, 6.45) is 2.49. The highest BCUT2D eigenvalue weighted by atomic mass is 16.3. The van der Waals surface area contributed by atoms with E-state index in [1.165, 1.54) is 0 Å². The SMILES string of the molecule is CCCCC(=O)c1ccc(N=Nc2ccc(N=Nc3ccc(N(C)CCO)cc3)cc2)cc1. The number of unbranched alkanes of at least 4 members (excludes halogenated alkanes) is 1. The molecule has 33 heavy (non-hydrogen) atoms. The number of aliphatic hydroxyl groups is 1. The summed E-state index contributed by atoms with van der Waals surface area (Å²) in [7, 11) is 1.93. The largest absolute Gasteiger partial charge is 0.395 e. The minimum absolute atomic E-state index is 0.111. The highest BCUT2D eigenvalue weighted by Gasteiger charge is 2.04. The number of Topliss-reactive ketones (excluding diaryl/α,β-unsaturated/α-hetero) is 1. The zero-order valence-electron chi connectivity index (χ0n) is 19.1. The molecule has 0 bridgehead atoms. The third kappa shape index (κ3) is 7.43. The molecule has 0 fully saturated rings. The molecule has 0 aliphatic heterocycles. The quantitative estimate of drug-likeness (QED) is 0.249. The zero-order valence-corrected chi connectivity index (χ0v) is 19.1. The van der Waals surface area contributed by atoms with Crippen molar-refractivity contribution in [2.75, 3.05) is 25.1 Å². The maximum Gasteiger partial charge on any atom is 0.162 e. The molecule has 0 atom stereocenters. The van der Waals surface area contributed by atoms with Crippen LogP contribution in [0.5, 0.6) is 0 Å². The molecular weight excluding hydrogens is 414 g/mol. The van der Waals surface area contributed by atoms with Crippen LogP contribution in [0.15, 0.2) is 93.3 Å². The van der Waals surface area contributed by atoms with Crippen LogP contribution in [-0.4, -0.2) is 31.1 Å². The Bertz CT molecular complexity index is 1080. The smallest absolute Gasteiger partial charge is 0.162 e. The predicted octanol–water partition coefficient (Wildman–Crippen LogP) is 7.32. The van der Waals surface area contributed by atoms with Crippen LogP contribution in [0.4, 0.5) is 28.4 Å². The van der Waals surface area contributed by atoms with E-state index in [1.807, 2.05) is 60.5 Å². The van der Waals surface area contributed by atoms with Gasteiger partial charge in [-0.05, 0) is 79.2 Å². The van der Waals surface area contributed by atoms with Crippen LogP contribution in [0.1, 0.15) is 36.5 Å². The number of hydrogen-bond donors (Lipinski definition) is 1. The van der Waals surface area contributed by atoms with Gasteiger partial charge in [-0.3, -0.25) is 4.79 Å². The van der Waals surface area contributed by atoms with Crippen molar-refractivity contribution in [3.63, 3.8) is 0 Å². The fourth-order valence-electron chi connectivity index (χ4n) is 3.07. The Balaban J connectivity index is 1.56. The van der Waals surface area contributed by atoms with E-state index >= 15 is 0 Å². The lowest BCUT2D eigenvalue weighted by molar-refractivity contribution is 0.0980. The molecule has 0 amide bonds. The number of aliphatic hydroxyl groups excluding tert-OH is 1. The number of likely N-dealkylation sites (N-methyl/N-ethyl adjacent to an activating group) is 1. The number of hydrogen-bond acceptors (Lipinski definition) is 7. The third-order valence-corrected chi connectivity index (χ3v) is 5.08. The van der Waals surface area contributed by atoms with Crippen LogP contribution in [0, 0.1) is 0 Å². The van der Waals surface area contributed by atoms with Gasteiger partial charge in [-0.25, -0.2) is 0 Å². The molecule has 7 nitrogen and oxygen atoms in total. The van der Waals surface area contributed by atoms with Gasteiger partial charge in [0, 0.05) is 31.3 Å². The Morgan fingerprint density at radius 1 is 0.758 bits per heavy atom. The van der Waals surface area contributed by atoms with Gasteiger partial charge >= 0.3 is 0 Å².